The highest BCUT2D eigenvalue weighted by Crippen LogP contribution is 2.35. The van der Waals surface area contributed by atoms with Crippen LogP contribution in [0.15, 0.2) is 65.3 Å². The van der Waals surface area contributed by atoms with Crippen LogP contribution in [0.2, 0.25) is 5.02 Å². The first-order valence-corrected chi connectivity index (χ1v) is 11.8. The second-order valence-electron chi connectivity index (χ2n) is 8.61. The van der Waals surface area contributed by atoms with Gasteiger partial charge in [0.15, 0.2) is 11.4 Å². The maximum Gasteiger partial charge on any atom is 0.416 e. The first-order chi connectivity index (χ1) is 17.8. The van der Waals surface area contributed by atoms with E-state index >= 15 is 0 Å². The predicted octanol–water partition coefficient (Wildman–Crippen LogP) is 5.17. The highest BCUT2D eigenvalue weighted by Gasteiger charge is 2.31. The van der Waals surface area contributed by atoms with Crippen LogP contribution in [0.4, 0.5) is 19.0 Å². The van der Waals surface area contributed by atoms with Crippen molar-refractivity contribution >= 4 is 39.9 Å². The zero-order chi connectivity index (χ0) is 25.7. The van der Waals surface area contributed by atoms with Crippen molar-refractivity contribution in [3.05, 3.63) is 77.2 Å². The van der Waals surface area contributed by atoms with Crippen molar-refractivity contribution in [2.45, 2.75) is 6.18 Å². The van der Waals surface area contributed by atoms with E-state index < -0.39 is 11.7 Å². The molecule has 2 aromatic carbocycles. The number of piperazine rings is 1. The number of carbonyl (C=O) groups is 1. The summed E-state index contributed by atoms with van der Waals surface area (Å²) in [6.45, 7) is 1.84. The summed E-state index contributed by atoms with van der Waals surface area (Å²) in [6, 6.07) is 13.5. The van der Waals surface area contributed by atoms with E-state index in [2.05, 4.69) is 10.3 Å². The number of fused-ring (bicyclic) bond motifs is 3. The molecule has 4 heterocycles. The van der Waals surface area contributed by atoms with Crippen molar-refractivity contribution in [3.8, 4) is 11.3 Å². The average Bonchev–Trinajstić information content (AvgIpc) is 3.58. The molecular weight excluding hydrogens is 509 g/mol. The molecule has 0 aliphatic carbocycles. The molecule has 0 radical (unpaired) electrons. The summed E-state index contributed by atoms with van der Waals surface area (Å²) >= 11 is 6.30. The quantitative estimate of drug-likeness (QED) is 0.323. The van der Waals surface area contributed by atoms with Crippen LogP contribution in [0, 0.1) is 0 Å². The Bertz CT molecular complexity index is 1630. The smallest absolute Gasteiger partial charge is 0.416 e. The first kappa shape index (κ1) is 23.3. The van der Waals surface area contributed by atoms with Gasteiger partial charge in [0.1, 0.15) is 11.5 Å². The fraction of sp³-hybridized carbons (Fsp3) is 0.200. The fourth-order valence-corrected chi connectivity index (χ4v) is 4.69. The maximum atomic E-state index is 13.3. The lowest BCUT2D eigenvalue weighted by molar-refractivity contribution is -0.137. The van der Waals surface area contributed by atoms with Gasteiger partial charge in [-0.1, -0.05) is 28.9 Å². The van der Waals surface area contributed by atoms with E-state index in [1.807, 2.05) is 4.90 Å². The van der Waals surface area contributed by atoms with Gasteiger partial charge in [0.25, 0.3) is 5.91 Å². The number of halogens is 4. The van der Waals surface area contributed by atoms with Gasteiger partial charge in [-0.15, -0.1) is 5.10 Å². The molecule has 12 heteroatoms. The number of alkyl halides is 3. The van der Waals surface area contributed by atoms with Crippen LogP contribution in [0.1, 0.15) is 16.1 Å². The van der Waals surface area contributed by atoms with Gasteiger partial charge >= 0.3 is 6.18 Å². The summed E-state index contributed by atoms with van der Waals surface area (Å²) in [5.41, 5.74) is 0.681. The first-order valence-electron chi connectivity index (χ1n) is 11.4. The van der Waals surface area contributed by atoms with Crippen LogP contribution in [0.25, 0.3) is 27.8 Å². The Kier molecular flexibility index (Phi) is 5.52. The van der Waals surface area contributed by atoms with Crippen molar-refractivity contribution in [1.29, 1.82) is 0 Å². The lowest BCUT2D eigenvalue weighted by Gasteiger charge is -2.35. The molecule has 0 bridgehead atoms. The second-order valence-corrected chi connectivity index (χ2v) is 9.04. The molecule has 0 saturated carbocycles. The minimum atomic E-state index is -4.49. The monoisotopic (exact) mass is 526 g/mol. The molecule has 0 spiro atoms. The van der Waals surface area contributed by atoms with Gasteiger partial charge in [-0.2, -0.15) is 17.7 Å². The fourth-order valence-electron chi connectivity index (χ4n) is 4.52. The molecule has 0 N–H and O–H groups in total. The maximum absolute atomic E-state index is 13.3. The van der Waals surface area contributed by atoms with Gasteiger partial charge in [-0.25, -0.2) is 4.98 Å². The second kappa shape index (κ2) is 8.77. The van der Waals surface area contributed by atoms with Crippen molar-refractivity contribution < 1.29 is 22.4 Å². The van der Waals surface area contributed by atoms with Crippen LogP contribution in [-0.4, -0.2) is 56.8 Å². The third-order valence-electron chi connectivity index (χ3n) is 6.35. The number of nitrogens with zero attached hydrogens (tertiary/aromatic N) is 6. The van der Waals surface area contributed by atoms with Crippen molar-refractivity contribution in [3.63, 3.8) is 0 Å². The lowest BCUT2D eigenvalue weighted by Crippen LogP contribution is -2.49. The number of hydrogen-bond donors (Lipinski definition) is 0. The van der Waals surface area contributed by atoms with Crippen LogP contribution in [-0.2, 0) is 6.18 Å². The number of rotatable bonds is 3. The molecule has 37 heavy (non-hydrogen) atoms. The van der Waals surface area contributed by atoms with Gasteiger partial charge < -0.3 is 14.2 Å². The number of furan rings is 1. The minimum Gasteiger partial charge on any atom is -0.459 e. The third-order valence-corrected chi connectivity index (χ3v) is 6.58. The third kappa shape index (κ3) is 4.14. The number of benzene rings is 2. The summed E-state index contributed by atoms with van der Waals surface area (Å²) < 4.78 is 46.8. The molecule has 1 aliphatic heterocycles. The lowest BCUT2D eigenvalue weighted by atomic mass is 10.1. The number of carbonyl (C=O) groups excluding carboxylic acids is 1. The van der Waals surface area contributed by atoms with E-state index in [1.165, 1.54) is 16.8 Å². The van der Waals surface area contributed by atoms with Crippen LogP contribution < -0.4 is 4.90 Å². The van der Waals surface area contributed by atoms with E-state index in [4.69, 9.17) is 21.0 Å². The topological polar surface area (TPSA) is 79.8 Å². The summed E-state index contributed by atoms with van der Waals surface area (Å²) in [5, 5.41) is 9.59. The number of aromatic nitrogens is 4. The van der Waals surface area contributed by atoms with Crippen LogP contribution in [0.5, 0.6) is 0 Å². The Labute approximate surface area is 212 Å². The van der Waals surface area contributed by atoms with E-state index in [0.29, 0.717) is 53.6 Å². The summed E-state index contributed by atoms with van der Waals surface area (Å²) in [4.78, 5) is 21.2. The van der Waals surface area contributed by atoms with E-state index in [-0.39, 0.29) is 22.9 Å². The highest BCUT2D eigenvalue weighted by molar-refractivity contribution is 6.31. The summed E-state index contributed by atoms with van der Waals surface area (Å²) in [7, 11) is 0. The molecule has 6 rings (SSSR count). The molecule has 3 aromatic heterocycles. The largest absolute Gasteiger partial charge is 0.459 e. The zero-order valence-corrected chi connectivity index (χ0v) is 19.9. The highest BCUT2D eigenvalue weighted by atomic mass is 35.5. The van der Waals surface area contributed by atoms with E-state index in [9.17, 15) is 18.0 Å². The van der Waals surface area contributed by atoms with E-state index in [1.54, 1.807) is 41.3 Å². The minimum absolute atomic E-state index is 0.187. The van der Waals surface area contributed by atoms with Crippen LogP contribution >= 0.6 is 11.6 Å². The molecule has 8 nitrogen and oxygen atoms in total. The van der Waals surface area contributed by atoms with Gasteiger partial charge in [0.05, 0.1) is 17.3 Å². The Hall–Kier alpha value is -4.12. The SMILES string of the molecule is O=C(c1ccco1)N1CCN(c2nc3c(-c4cccc(C(F)(F)F)c4)nnn3c3ccc(Cl)cc23)CC1. The predicted molar refractivity (Wildman–Crippen MR) is 131 cm³/mol. The van der Waals surface area contributed by atoms with Gasteiger partial charge in [-0.3, -0.25) is 4.79 Å². The normalized spacial score (nSPS) is 14.6. The summed E-state index contributed by atoms with van der Waals surface area (Å²) in [6.07, 6.45) is -3.03. The van der Waals surface area contributed by atoms with Gasteiger partial charge in [-0.05, 0) is 42.5 Å². The molecule has 1 fully saturated rings. The molecule has 0 unspecified atom stereocenters. The van der Waals surface area contributed by atoms with Crippen LogP contribution in [0.3, 0.4) is 0 Å². The Morgan fingerprint density at radius 1 is 1.00 bits per heavy atom. The Balaban J connectivity index is 1.42. The average molecular weight is 527 g/mol. The molecule has 1 saturated heterocycles. The standard InChI is InChI=1S/C25H18ClF3N6O2/c26-17-6-7-19-18(14-17)22(33-8-10-34(11-9-33)24(36)20-5-2-12-37-20)30-23-21(31-32-35(19)23)15-3-1-4-16(13-15)25(27,28)29/h1-7,12-14H,8-11H2. The van der Waals surface area contributed by atoms with Gasteiger partial charge in [0, 0.05) is 42.2 Å². The number of hydrogen-bond acceptors (Lipinski definition) is 6. The number of anilines is 1. The number of amides is 1. The zero-order valence-electron chi connectivity index (χ0n) is 19.1. The molecule has 188 valence electrons. The van der Waals surface area contributed by atoms with Crippen molar-refractivity contribution in [2.75, 3.05) is 31.1 Å². The molecule has 1 aliphatic rings. The molecule has 0 atom stereocenters. The molecular formula is C25H18ClF3N6O2. The molecule has 5 aromatic rings. The summed E-state index contributed by atoms with van der Waals surface area (Å²) in [5.74, 6) is 0.680. The van der Waals surface area contributed by atoms with Crippen molar-refractivity contribution in [1.82, 2.24) is 24.7 Å². The van der Waals surface area contributed by atoms with Gasteiger partial charge in [0.2, 0.25) is 0 Å². The van der Waals surface area contributed by atoms with Crippen molar-refractivity contribution in [2.24, 2.45) is 0 Å². The van der Waals surface area contributed by atoms with E-state index in [0.717, 1.165) is 12.1 Å². The Morgan fingerprint density at radius 3 is 2.54 bits per heavy atom. The molecule has 1 amide bonds. The Morgan fingerprint density at radius 2 is 1.81 bits per heavy atom.